The fraction of sp³-hybridized carbons (Fsp3) is 0.455. The molecule has 78 valence electrons. The van der Waals surface area contributed by atoms with Crippen LogP contribution in [-0.2, 0) is 5.75 Å². The summed E-state index contributed by atoms with van der Waals surface area (Å²) in [5, 5.41) is 0.493. The largest absolute Gasteiger partial charge is 0.207 e. The number of hydrogen-bond acceptors (Lipinski definition) is 1. The van der Waals surface area contributed by atoms with Gasteiger partial charge in [-0.15, -0.1) is 11.6 Å². The van der Waals surface area contributed by atoms with Crippen molar-refractivity contribution >= 4 is 23.4 Å². The van der Waals surface area contributed by atoms with Gasteiger partial charge in [0.1, 0.15) is 5.82 Å². The molecule has 1 atom stereocenters. The van der Waals surface area contributed by atoms with Crippen LogP contribution in [0.1, 0.15) is 18.9 Å². The van der Waals surface area contributed by atoms with E-state index in [-0.39, 0.29) is 5.82 Å². The Kier molecular flexibility index (Phi) is 5.34. The number of benzene rings is 1. The Balaban J connectivity index is 2.41. The molecule has 0 radical (unpaired) electrons. The molecule has 0 aliphatic carbocycles. The second kappa shape index (κ2) is 6.31. The molecule has 0 fully saturated rings. The topological polar surface area (TPSA) is 0 Å². The van der Waals surface area contributed by atoms with Gasteiger partial charge in [0.05, 0.1) is 0 Å². The zero-order valence-electron chi connectivity index (χ0n) is 8.17. The van der Waals surface area contributed by atoms with Gasteiger partial charge < -0.3 is 0 Å². The van der Waals surface area contributed by atoms with E-state index < -0.39 is 0 Å². The lowest BCUT2D eigenvalue weighted by atomic mass is 10.2. The van der Waals surface area contributed by atoms with E-state index in [4.69, 9.17) is 11.6 Å². The SMILES string of the molecule is CC(CCCl)SCc1ccccc1F. The third kappa shape index (κ3) is 3.89. The van der Waals surface area contributed by atoms with Crippen molar-refractivity contribution in [1.82, 2.24) is 0 Å². The van der Waals surface area contributed by atoms with Crippen LogP contribution in [0.15, 0.2) is 24.3 Å². The first-order valence-electron chi connectivity index (χ1n) is 4.65. The summed E-state index contributed by atoms with van der Waals surface area (Å²) in [5.74, 6) is 1.29. The fourth-order valence-corrected chi connectivity index (χ4v) is 2.52. The van der Waals surface area contributed by atoms with E-state index in [9.17, 15) is 4.39 Å². The summed E-state index contributed by atoms with van der Waals surface area (Å²) < 4.78 is 13.2. The standard InChI is InChI=1S/C11H14ClFS/c1-9(6-7-12)14-8-10-4-2-3-5-11(10)13/h2-5,9H,6-8H2,1H3. The number of halogens is 2. The van der Waals surface area contributed by atoms with Crippen molar-refractivity contribution in [3.8, 4) is 0 Å². The molecule has 1 aromatic carbocycles. The smallest absolute Gasteiger partial charge is 0.127 e. The second-order valence-electron chi connectivity index (χ2n) is 3.19. The van der Waals surface area contributed by atoms with Crippen LogP contribution in [0.4, 0.5) is 4.39 Å². The molecule has 0 N–H and O–H groups in total. The number of thioether (sulfide) groups is 1. The molecule has 0 amide bonds. The van der Waals surface area contributed by atoms with Gasteiger partial charge in [-0.2, -0.15) is 11.8 Å². The summed E-state index contributed by atoms with van der Waals surface area (Å²) >= 11 is 7.37. The van der Waals surface area contributed by atoms with Crippen LogP contribution in [0, 0.1) is 5.82 Å². The predicted molar refractivity (Wildman–Crippen MR) is 62.5 cm³/mol. The summed E-state index contributed by atoms with van der Waals surface area (Å²) in [6, 6.07) is 6.91. The van der Waals surface area contributed by atoms with Crippen molar-refractivity contribution in [2.45, 2.75) is 24.3 Å². The molecule has 0 saturated heterocycles. The Hall–Kier alpha value is -0.210. The fourth-order valence-electron chi connectivity index (χ4n) is 1.08. The highest BCUT2D eigenvalue weighted by Gasteiger charge is 2.05. The molecule has 3 heteroatoms. The number of rotatable bonds is 5. The van der Waals surface area contributed by atoms with Crippen LogP contribution in [0.2, 0.25) is 0 Å². The minimum absolute atomic E-state index is 0.113. The van der Waals surface area contributed by atoms with Gasteiger partial charge in [0, 0.05) is 16.9 Å². The molecule has 0 saturated carbocycles. The normalized spacial score (nSPS) is 12.8. The first-order chi connectivity index (χ1) is 6.74. The molecule has 0 bridgehead atoms. The summed E-state index contributed by atoms with van der Waals surface area (Å²) in [4.78, 5) is 0. The highest BCUT2D eigenvalue weighted by Crippen LogP contribution is 2.21. The molecule has 0 heterocycles. The Bertz CT molecular complexity index is 278. The third-order valence-electron chi connectivity index (χ3n) is 2.00. The van der Waals surface area contributed by atoms with E-state index >= 15 is 0 Å². The molecule has 1 rings (SSSR count). The zero-order valence-corrected chi connectivity index (χ0v) is 9.74. The van der Waals surface area contributed by atoms with Crippen LogP contribution in [0.25, 0.3) is 0 Å². The van der Waals surface area contributed by atoms with Crippen molar-refractivity contribution in [2.24, 2.45) is 0 Å². The lowest BCUT2D eigenvalue weighted by Crippen LogP contribution is -1.98. The average Bonchev–Trinajstić information content (AvgIpc) is 2.17. The minimum Gasteiger partial charge on any atom is -0.207 e. The highest BCUT2D eigenvalue weighted by atomic mass is 35.5. The van der Waals surface area contributed by atoms with E-state index in [1.165, 1.54) is 6.07 Å². The minimum atomic E-state index is -0.113. The Labute approximate surface area is 93.8 Å². The third-order valence-corrected chi connectivity index (χ3v) is 3.50. The molecule has 0 aromatic heterocycles. The van der Waals surface area contributed by atoms with Crippen molar-refractivity contribution < 1.29 is 4.39 Å². The van der Waals surface area contributed by atoms with Crippen LogP contribution >= 0.6 is 23.4 Å². The van der Waals surface area contributed by atoms with Gasteiger partial charge in [0.2, 0.25) is 0 Å². The first kappa shape index (κ1) is 11.9. The summed E-state index contributed by atoms with van der Waals surface area (Å²) in [7, 11) is 0. The maximum Gasteiger partial charge on any atom is 0.127 e. The van der Waals surface area contributed by atoms with Gasteiger partial charge in [-0.25, -0.2) is 4.39 Å². The predicted octanol–water partition coefficient (Wildman–Crippen LogP) is 4.08. The summed E-state index contributed by atoms with van der Waals surface area (Å²) in [5.41, 5.74) is 0.777. The summed E-state index contributed by atoms with van der Waals surface area (Å²) in [6.07, 6.45) is 0.973. The monoisotopic (exact) mass is 232 g/mol. The molecule has 0 aliphatic rings. The molecule has 0 aliphatic heterocycles. The van der Waals surface area contributed by atoms with Crippen molar-refractivity contribution in [1.29, 1.82) is 0 Å². The van der Waals surface area contributed by atoms with Crippen molar-refractivity contribution in [2.75, 3.05) is 5.88 Å². The quantitative estimate of drug-likeness (QED) is 0.690. The van der Waals surface area contributed by atoms with Gasteiger partial charge in [0.25, 0.3) is 0 Å². The van der Waals surface area contributed by atoms with Crippen molar-refractivity contribution in [3.05, 3.63) is 35.6 Å². The Morgan fingerprint density at radius 2 is 2.14 bits per heavy atom. The van der Waals surface area contributed by atoms with Crippen LogP contribution in [0.5, 0.6) is 0 Å². The molecule has 1 aromatic rings. The highest BCUT2D eigenvalue weighted by molar-refractivity contribution is 7.99. The van der Waals surface area contributed by atoms with E-state index in [0.29, 0.717) is 11.1 Å². The Morgan fingerprint density at radius 3 is 2.79 bits per heavy atom. The van der Waals surface area contributed by atoms with E-state index in [1.807, 2.05) is 12.1 Å². The molecule has 0 spiro atoms. The lowest BCUT2D eigenvalue weighted by Gasteiger charge is -2.09. The van der Waals surface area contributed by atoms with E-state index in [1.54, 1.807) is 17.8 Å². The van der Waals surface area contributed by atoms with Gasteiger partial charge >= 0.3 is 0 Å². The van der Waals surface area contributed by atoms with Crippen LogP contribution < -0.4 is 0 Å². The molecular weight excluding hydrogens is 219 g/mol. The van der Waals surface area contributed by atoms with E-state index in [0.717, 1.165) is 17.7 Å². The zero-order chi connectivity index (χ0) is 10.4. The van der Waals surface area contributed by atoms with Crippen molar-refractivity contribution in [3.63, 3.8) is 0 Å². The van der Waals surface area contributed by atoms with Crippen LogP contribution in [-0.4, -0.2) is 11.1 Å². The maximum atomic E-state index is 13.2. The van der Waals surface area contributed by atoms with Gasteiger partial charge in [0.15, 0.2) is 0 Å². The van der Waals surface area contributed by atoms with Gasteiger partial charge in [-0.1, -0.05) is 25.1 Å². The molecule has 0 nitrogen and oxygen atoms in total. The first-order valence-corrected chi connectivity index (χ1v) is 6.23. The van der Waals surface area contributed by atoms with Gasteiger partial charge in [-0.3, -0.25) is 0 Å². The Morgan fingerprint density at radius 1 is 1.43 bits per heavy atom. The van der Waals surface area contributed by atoms with E-state index in [2.05, 4.69) is 6.92 Å². The van der Waals surface area contributed by atoms with Gasteiger partial charge in [-0.05, 0) is 18.1 Å². The second-order valence-corrected chi connectivity index (χ2v) is 5.00. The maximum absolute atomic E-state index is 13.2. The molecular formula is C11H14ClFS. The number of hydrogen-bond donors (Lipinski definition) is 0. The summed E-state index contributed by atoms with van der Waals surface area (Å²) in [6.45, 7) is 2.12. The molecule has 1 unspecified atom stereocenters. The molecule has 14 heavy (non-hydrogen) atoms. The number of alkyl halides is 1. The van der Waals surface area contributed by atoms with Crippen LogP contribution in [0.3, 0.4) is 0 Å². The average molecular weight is 233 g/mol. The lowest BCUT2D eigenvalue weighted by molar-refractivity contribution is 0.617.